The summed E-state index contributed by atoms with van der Waals surface area (Å²) in [6, 6.07) is 1.27. The first-order chi connectivity index (χ1) is 7.59. The first-order valence-corrected chi connectivity index (χ1v) is 8.00. The average Bonchev–Trinajstić information content (AvgIpc) is 2.70. The van der Waals surface area contributed by atoms with Crippen molar-refractivity contribution in [2.24, 2.45) is 0 Å². The van der Waals surface area contributed by atoms with E-state index in [9.17, 15) is 4.21 Å². The molecule has 4 unspecified atom stereocenters. The van der Waals surface area contributed by atoms with Crippen molar-refractivity contribution in [3.05, 3.63) is 0 Å². The fourth-order valence-corrected chi connectivity index (χ4v) is 2.62. The molecule has 0 aliphatic carbocycles. The van der Waals surface area contributed by atoms with E-state index in [1.165, 1.54) is 25.8 Å². The van der Waals surface area contributed by atoms with E-state index in [4.69, 9.17) is 0 Å². The zero-order chi connectivity index (χ0) is 12.0. The Morgan fingerprint density at radius 3 is 2.81 bits per heavy atom. The third-order valence-corrected chi connectivity index (χ3v) is 4.78. The van der Waals surface area contributed by atoms with Crippen LogP contribution in [0.4, 0.5) is 0 Å². The molecule has 96 valence electrons. The van der Waals surface area contributed by atoms with E-state index in [0.717, 1.165) is 13.0 Å². The first-order valence-electron chi connectivity index (χ1n) is 6.38. The van der Waals surface area contributed by atoms with Gasteiger partial charge in [0, 0.05) is 34.4 Å². The van der Waals surface area contributed by atoms with Crippen LogP contribution in [0.3, 0.4) is 0 Å². The lowest BCUT2D eigenvalue weighted by atomic mass is 10.1. The fourth-order valence-electron chi connectivity index (χ4n) is 2.17. The first kappa shape index (κ1) is 14.1. The van der Waals surface area contributed by atoms with Crippen LogP contribution in [0.5, 0.6) is 0 Å². The number of hydrogen-bond donors (Lipinski definition) is 2. The van der Waals surface area contributed by atoms with E-state index in [1.807, 2.05) is 0 Å². The smallest absolute Gasteiger partial charge is 0.0329 e. The molecule has 0 saturated carbocycles. The van der Waals surface area contributed by atoms with Gasteiger partial charge in [0.1, 0.15) is 0 Å². The molecule has 3 nitrogen and oxygen atoms in total. The van der Waals surface area contributed by atoms with Crippen LogP contribution < -0.4 is 10.6 Å². The van der Waals surface area contributed by atoms with Crippen LogP contribution in [0.25, 0.3) is 0 Å². The maximum atomic E-state index is 11.2. The minimum Gasteiger partial charge on any atom is -0.314 e. The van der Waals surface area contributed by atoms with Crippen LogP contribution >= 0.6 is 0 Å². The topological polar surface area (TPSA) is 41.1 Å². The molecule has 0 aromatic rings. The molecule has 1 heterocycles. The zero-order valence-corrected chi connectivity index (χ0v) is 11.6. The quantitative estimate of drug-likeness (QED) is 0.711. The van der Waals surface area contributed by atoms with Crippen molar-refractivity contribution in [3.63, 3.8) is 0 Å². The SMILES string of the molecule is CC(CC1CCCN1)NCCC(C)S(C)=O. The van der Waals surface area contributed by atoms with Crippen molar-refractivity contribution >= 4 is 10.8 Å². The van der Waals surface area contributed by atoms with Gasteiger partial charge >= 0.3 is 0 Å². The summed E-state index contributed by atoms with van der Waals surface area (Å²) >= 11 is 0. The second-order valence-corrected chi connectivity index (χ2v) is 6.78. The van der Waals surface area contributed by atoms with Gasteiger partial charge in [0.25, 0.3) is 0 Å². The van der Waals surface area contributed by atoms with Crippen LogP contribution in [0, 0.1) is 0 Å². The Morgan fingerprint density at radius 1 is 1.50 bits per heavy atom. The third kappa shape index (κ3) is 5.41. The standard InChI is InChI=1S/C12H26N2OS/c1-10(9-12-5-4-7-14-12)13-8-6-11(2)16(3)15/h10-14H,4-9H2,1-3H3. The highest BCUT2D eigenvalue weighted by atomic mass is 32.2. The third-order valence-electron chi connectivity index (χ3n) is 3.41. The summed E-state index contributed by atoms with van der Waals surface area (Å²) in [5.41, 5.74) is 0. The van der Waals surface area contributed by atoms with Gasteiger partial charge in [-0.15, -0.1) is 0 Å². The lowest BCUT2D eigenvalue weighted by molar-refractivity contribution is 0.437. The van der Waals surface area contributed by atoms with Gasteiger partial charge in [0.05, 0.1) is 0 Å². The Hall–Kier alpha value is 0.0700. The summed E-state index contributed by atoms with van der Waals surface area (Å²) < 4.78 is 11.2. The molecule has 1 aliphatic rings. The molecule has 0 radical (unpaired) electrons. The summed E-state index contributed by atoms with van der Waals surface area (Å²) in [4.78, 5) is 0. The lowest BCUT2D eigenvalue weighted by Crippen LogP contribution is -2.35. The normalized spacial score (nSPS) is 26.6. The average molecular weight is 246 g/mol. The summed E-state index contributed by atoms with van der Waals surface area (Å²) in [7, 11) is -0.681. The number of nitrogens with one attached hydrogen (secondary N) is 2. The van der Waals surface area contributed by atoms with Crippen LogP contribution in [-0.4, -0.2) is 40.9 Å². The number of hydrogen-bond acceptors (Lipinski definition) is 3. The Labute approximate surface area is 102 Å². The maximum Gasteiger partial charge on any atom is 0.0329 e. The molecule has 1 rings (SSSR count). The van der Waals surface area contributed by atoms with Crippen molar-refractivity contribution in [2.75, 3.05) is 19.3 Å². The zero-order valence-electron chi connectivity index (χ0n) is 10.8. The van der Waals surface area contributed by atoms with E-state index in [0.29, 0.717) is 17.3 Å². The predicted octanol–water partition coefficient (Wildman–Crippen LogP) is 1.26. The monoisotopic (exact) mass is 246 g/mol. The summed E-state index contributed by atoms with van der Waals surface area (Å²) in [5, 5.41) is 7.35. The van der Waals surface area contributed by atoms with E-state index < -0.39 is 10.8 Å². The molecule has 2 N–H and O–H groups in total. The van der Waals surface area contributed by atoms with Gasteiger partial charge in [-0.3, -0.25) is 4.21 Å². The van der Waals surface area contributed by atoms with Crippen molar-refractivity contribution in [1.29, 1.82) is 0 Å². The Bertz CT molecular complexity index is 217. The minimum atomic E-state index is -0.681. The van der Waals surface area contributed by atoms with E-state index in [1.54, 1.807) is 6.26 Å². The molecule has 4 atom stereocenters. The maximum absolute atomic E-state index is 11.2. The summed E-state index contributed by atoms with van der Waals surface area (Å²) in [5.74, 6) is 0. The van der Waals surface area contributed by atoms with Gasteiger partial charge < -0.3 is 10.6 Å². The van der Waals surface area contributed by atoms with Crippen LogP contribution in [-0.2, 0) is 10.8 Å². The van der Waals surface area contributed by atoms with Gasteiger partial charge in [0.15, 0.2) is 0 Å². The molecule has 1 aliphatic heterocycles. The van der Waals surface area contributed by atoms with Crippen molar-refractivity contribution in [3.8, 4) is 0 Å². The van der Waals surface area contributed by atoms with Gasteiger partial charge in [0.2, 0.25) is 0 Å². The predicted molar refractivity (Wildman–Crippen MR) is 71.3 cm³/mol. The summed E-state index contributed by atoms with van der Waals surface area (Å²) in [6.45, 7) is 6.46. The molecule has 0 amide bonds. The molecule has 4 heteroatoms. The van der Waals surface area contributed by atoms with Crippen LogP contribution in [0.15, 0.2) is 0 Å². The largest absolute Gasteiger partial charge is 0.314 e. The Kier molecular flexibility index (Phi) is 6.54. The molecule has 0 spiro atoms. The van der Waals surface area contributed by atoms with Gasteiger partial charge in [-0.25, -0.2) is 0 Å². The fraction of sp³-hybridized carbons (Fsp3) is 1.00. The molecule has 0 aromatic carbocycles. The highest BCUT2D eigenvalue weighted by Crippen LogP contribution is 2.10. The van der Waals surface area contributed by atoms with Gasteiger partial charge in [-0.05, 0) is 45.7 Å². The second-order valence-electron chi connectivity index (χ2n) is 4.98. The molecular formula is C12H26N2OS. The minimum absolute atomic E-state index is 0.310. The molecule has 1 fully saturated rings. The van der Waals surface area contributed by atoms with Crippen molar-refractivity contribution in [2.45, 2.75) is 56.9 Å². The summed E-state index contributed by atoms with van der Waals surface area (Å²) in [6.07, 6.45) is 6.65. The number of rotatable bonds is 7. The van der Waals surface area contributed by atoms with Gasteiger partial charge in [-0.2, -0.15) is 0 Å². The Morgan fingerprint density at radius 2 is 2.25 bits per heavy atom. The van der Waals surface area contributed by atoms with Crippen molar-refractivity contribution < 1.29 is 4.21 Å². The molecule has 1 saturated heterocycles. The van der Waals surface area contributed by atoms with Crippen molar-refractivity contribution in [1.82, 2.24) is 10.6 Å². The highest BCUT2D eigenvalue weighted by Gasteiger charge is 2.16. The molecule has 0 aromatic heterocycles. The lowest BCUT2D eigenvalue weighted by Gasteiger charge is -2.19. The van der Waals surface area contributed by atoms with Crippen LogP contribution in [0.1, 0.15) is 39.5 Å². The van der Waals surface area contributed by atoms with Gasteiger partial charge in [-0.1, -0.05) is 6.92 Å². The molecule has 0 bridgehead atoms. The Balaban J connectivity index is 2.05. The van der Waals surface area contributed by atoms with E-state index in [-0.39, 0.29) is 0 Å². The van der Waals surface area contributed by atoms with E-state index >= 15 is 0 Å². The molecule has 16 heavy (non-hydrogen) atoms. The van der Waals surface area contributed by atoms with E-state index in [2.05, 4.69) is 24.5 Å². The highest BCUT2D eigenvalue weighted by molar-refractivity contribution is 7.84. The molecular weight excluding hydrogens is 220 g/mol. The second kappa shape index (κ2) is 7.41. The van der Waals surface area contributed by atoms with Crippen LogP contribution in [0.2, 0.25) is 0 Å².